The second-order valence-corrected chi connectivity index (χ2v) is 9.82. The van der Waals surface area contributed by atoms with Crippen molar-refractivity contribution in [1.82, 2.24) is 0 Å². The second-order valence-electron chi connectivity index (χ2n) is 8.63. The number of rotatable bonds is 9. The van der Waals surface area contributed by atoms with Crippen molar-refractivity contribution in [2.45, 2.75) is 70.6 Å². The minimum Gasteiger partial charge on any atom is -0.483 e. The number of oxime groups is 1. The Kier molecular flexibility index (Phi) is 7.64. The number of aryl methyl sites for hydroxylation is 1. The number of hydrogen-bond donors (Lipinski definition) is 3. The molecule has 0 saturated heterocycles. The van der Waals surface area contributed by atoms with Gasteiger partial charge in [-0.15, -0.1) is 11.3 Å². The highest BCUT2D eigenvalue weighted by molar-refractivity contribution is 7.12. The van der Waals surface area contributed by atoms with Crippen molar-refractivity contribution < 1.29 is 24.7 Å². The SMILES string of the molecule is NC(CC1CCc2sc(CC(=O)C3CC3)c(C(=O)CCC3CC3)c2C1)=NO.O=CO. The van der Waals surface area contributed by atoms with Crippen LogP contribution in [0.1, 0.15) is 77.0 Å². The van der Waals surface area contributed by atoms with Gasteiger partial charge in [0.15, 0.2) is 5.78 Å². The zero-order valence-electron chi connectivity index (χ0n) is 17.1. The molecule has 7 nitrogen and oxygen atoms in total. The number of carbonyl (C=O) groups is 3. The normalized spacial score (nSPS) is 20.7. The average Bonchev–Trinajstić information content (AvgIpc) is 3.63. The largest absolute Gasteiger partial charge is 0.483 e. The fourth-order valence-corrected chi connectivity index (χ4v) is 5.63. The minimum atomic E-state index is -0.250. The van der Waals surface area contributed by atoms with E-state index >= 15 is 0 Å². The molecule has 164 valence electrons. The third-order valence-electron chi connectivity index (χ3n) is 6.19. The van der Waals surface area contributed by atoms with Gasteiger partial charge in [0, 0.05) is 40.5 Å². The third kappa shape index (κ3) is 5.90. The van der Waals surface area contributed by atoms with Gasteiger partial charge in [-0.3, -0.25) is 14.4 Å². The van der Waals surface area contributed by atoms with Crippen LogP contribution in [0.5, 0.6) is 0 Å². The molecule has 3 aliphatic carbocycles. The van der Waals surface area contributed by atoms with E-state index in [2.05, 4.69) is 5.16 Å². The zero-order chi connectivity index (χ0) is 21.7. The molecule has 4 N–H and O–H groups in total. The number of ketones is 2. The number of hydrogen-bond acceptors (Lipinski definition) is 6. The topological polar surface area (TPSA) is 130 Å². The maximum Gasteiger partial charge on any atom is 0.290 e. The molecule has 1 heterocycles. The van der Waals surface area contributed by atoms with Crippen molar-refractivity contribution in [3.63, 3.8) is 0 Å². The first-order valence-corrected chi connectivity index (χ1v) is 11.5. The van der Waals surface area contributed by atoms with Crippen molar-refractivity contribution in [3.05, 3.63) is 20.9 Å². The Hall–Kier alpha value is -2.22. The van der Waals surface area contributed by atoms with Crippen LogP contribution in [0.2, 0.25) is 0 Å². The van der Waals surface area contributed by atoms with Crippen molar-refractivity contribution in [3.8, 4) is 0 Å². The van der Waals surface area contributed by atoms with Gasteiger partial charge < -0.3 is 16.0 Å². The summed E-state index contributed by atoms with van der Waals surface area (Å²) in [5.74, 6) is 2.04. The lowest BCUT2D eigenvalue weighted by Crippen LogP contribution is -2.22. The molecule has 1 unspecified atom stereocenters. The van der Waals surface area contributed by atoms with E-state index < -0.39 is 0 Å². The molecule has 0 aromatic carbocycles. The summed E-state index contributed by atoms with van der Waals surface area (Å²) in [5, 5.41) is 18.9. The monoisotopic (exact) mass is 434 g/mol. The summed E-state index contributed by atoms with van der Waals surface area (Å²) in [6, 6.07) is 0. The number of carboxylic acid groups (broad SMARTS) is 1. The quantitative estimate of drug-likeness (QED) is 0.136. The summed E-state index contributed by atoms with van der Waals surface area (Å²) in [7, 11) is 0. The van der Waals surface area contributed by atoms with Gasteiger partial charge in [0.25, 0.3) is 6.47 Å². The van der Waals surface area contributed by atoms with Gasteiger partial charge >= 0.3 is 0 Å². The van der Waals surface area contributed by atoms with E-state index in [0.717, 1.165) is 60.4 Å². The van der Waals surface area contributed by atoms with Crippen molar-refractivity contribution >= 4 is 35.2 Å². The predicted molar refractivity (Wildman–Crippen MR) is 114 cm³/mol. The van der Waals surface area contributed by atoms with Crippen LogP contribution in [0.15, 0.2) is 5.16 Å². The molecule has 4 rings (SSSR count). The summed E-state index contributed by atoms with van der Waals surface area (Å²) in [5.41, 5.74) is 7.72. The molecule has 2 fully saturated rings. The van der Waals surface area contributed by atoms with Gasteiger partial charge in [0.1, 0.15) is 11.6 Å². The molecule has 30 heavy (non-hydrogen) atoms. The summed E-state index contributed by atoms with van der Waals surface area (Å²) >= 11 is 1.69. The Balaban J connectivity index is 0.000000806. The van der Waals surface area contributed by atoms with Gasteiger partial charge in [-0.05, 0) is 55.9 Å². The highest BCUT2D eigenvalue weighted by Gasteiger charge is 2.34. The molecule has 3 aliphatic rings. The van der Waals surface area contributed by atoms with Crippen LogP contribution < -0.4 is 5.73 Å². The molecule has 1 aromatic heterocycles. The molecule has 0 aliphatic heterocycles. The maximum atomic E-state index is 13.1. The molecule has 0 radical (unpaired) electrons. The van der Waals surface area contributed by atoms with Gasteiger partial charge in [-0.1, -0.05) is 18.0 Å². The van der Waals surface area contributed by atoms with E-state index in [1.54, 1.807) is 11.3 Å². The van der Waals surface area contributed by atoms with Crippen LogP contribution in [0.25, 0.3) is 0 Å². The lowest BCUT2D eigenvalue weighted by Gasteiger charge is -2.22. The standard InChI is InChI=1S/C21H28N2O3S.CH2O2/c22-20(23-26)10-13-4-8-18-15(9-13)21(16(24)7-3-12-1-2-12)19(27-18)11-17(25)14-5-6-14;2-1-3/h12-14,26H,1-11H2,(H2,22,23);1H,(H,2,3). The summed E-state index contributed by atoms with van der Waals surface area (Å²) in [6.07, 6.45) is 9.79. The number of nitrogens with zero attached hydrogens (tertiary/aromatic N) is 1. The maximum absolute atomic E-state index is 13.1. The molecular formula is C22H30N2O5S. The van der Waals surface area contributed by atoms with Crippen molar-refractivity contribution in [1.29, 1.82) is 0 Å². The van der Waals surface area contributed by atoms with E-state index in [9.17, 15) is 9.59 Å². The summed E-state index contributed by atoms with van der Waals surface area (Å²) in [6.45, 7) is -0.250. The Labute approximate surface area is 180 Å². The highest BCUT2D eigenvalue weighted by atomic mass is 32.1. The van der Waals surface area contributed by atoms with Gasteiger partial charge in [0.2, 0.25) is 0 Å². The number of Topliss-reactive ketones (excluding diaryl/α,β-unsaturated/α-hetero) is 2. The van der Waals surface area contributed by atoms with E-state index in [1.807, 2.05) is 0 Å². The Morgan fingerprint density at radius 2 is 1.87 bits per heavy atom. The second kappa shape index (κ2) is 10.2. The lowest BCUT2D eigenvalue weighted by molar-refractivity contribution is -0.123. The van der Waals surface area contributed by atoms with Crippen molar-refractivity contribution in [2.24, 2.45) is 28.6 Å². The van der Waals surface area contributed by atoms with Crippen molar-refractivity contribution in [2.75, 3.05) is 0 Å². The number of thiophene rings is 1. The Morgan fingerprint density at radius 1 is 1.17 bits per heavy atom. The Bertz CT molecular complexity index is 824. The summed E-state index contributed by atoms with van der Waals surface area (Å²) in [4.78, 5) is 36.2. The Morgan fingerprint density at radius 3 is 2.47 bits per heavy atom. The van der Waals surface area contributed by atoms with Gasteiger partial charge in [0.05, 0.1) is 0 Å². The molecule has 0 amide bonds. The number of carbonyl (C=O) groups excluding carboxylic acids is 2. The first-order chi connectivity index (χ1) is 14.5. The first kappa shape index (κ1) is 22.5. The van der Waals surface area contributed by atoms with Crippen LogP contribution >= 0.6 is 11.3 Å². The van der Waals surface area contributed by atoms with Crippen LogP contribution in [-0.4, -0.2) is 34.2 Å². The van der Waals surface area contributed by atoms with Gasteiger partial charge in [-0.25, -0.2) is 0 Å². The average molecular weight is 435 g/mol. The number of amidine groups is 1. The molecule has 8 heteroatoms. The number of fused-ring (bicyclic) bond motifs is 1. The highest BCUT2D eigenvalue weighted by Crippen LogP contribution is 2.41. The lowest BCUT2D eigenvalue weighted by atomic mass is 9.82. The fourth-order valence-electron chi connectivity index (χ4n) is 4.25. The zero-order valence-corrected chi connectivity index (χ0v) is 18.0. The molecule has 1 aromatic rings. The fraction of sp³-hybridized carbons (Fsp3) is 0.636. The van der Waals surface area contributed by atoms with E-state index in [1.165, 1.54) is 17.7 Å². The molecule has 0 bridgehead atoms. The van der Waals surface area contributed by atoms with Crippen LogP contribution in [0, 0.1) is 17.8 Å². The van der Waals surface area contributed by atoms with Crippen LogP contribution in [-0.2, 0) is 28.9 Å². The molecule has 0 spiro atoms. The molecule has 2 saturated carbocycles. The smallest absolute Gasteiger partial charge is 0.290 e. The molecule has 1 atom stereocenters. The van der Waals surface area contributed by atoms with E-state index in [4.69, 9.17) is 20.8 Å². The third-order valence-corrected chi connectivity index (χ3v) is 7.48. The van der Waals surface area contributed by atoms with E-state index in [0.29, 0.717) is 31.0 Å². The van der Waals surface area contributed by atoms with E-state index in [-0.39, 0.29) is 24.0 Å². The summed E-state index contributed by atoms with van der Waals surface area (Å²) < 4.78 is 0. The first-order valence-electron chi connectivity index (χ1n) is 10.7. The minimum absolute atomic E-state index is 0.224. The van der Waals surface area contributed by atoms with Crippen LogP contribution in [0.4, 0.5) is 0 Å². The van der Waals surface area contributed by atoms with Gasteiger partial charge in [-0.2, -0.15) is 0 Å². The molecular weight excluding hydrogens is 404 g/mol. The predicted octanol–water partition coefficient (Wildman–Crippen LogP) is 3.58. The number of nitrogens with two attached hydrogens (primary N) is 1. The van der Waals surface area contributed by atoms with Crippen LogP contribution in [0.3, 0.4) is 0 Å².